The van der Waals surface area contributed by atoms with Gasteiger partial charge in [0.15, 0.2) is 0 Å². The van der Waals surface area contributed by atoms with E-state index in [4.69, 9.17) is 9.15 Å². The van der Waals surface area contributed by atoms with Crippen LogP contribution < -0.4 is 5.32 Å². The number of piperidine rings is 1. The summed E-state index contributed by atoms with van der Waals surface area (Å²) in [6.07, 6.45) is 5.96. The van der Waals surface area contributed by atoms with E-state index >= 15 is 0 Å². The van der Waals surface area contributed by atoms with Gasteiger partial charge >= 0.3 is 5.97 Å². The number of sulfonamides is 1. The maximum absolute atomic E-state index is 12.9. The van der Waals surface area contributed by atoms with E-state index < -0.39 is 16.0 Å². The third kappa shape index (κ3) is 4.99. The maximum atomic E-state index is 12.9. The number of carbonyl (C=O) groups is 2. The van der Waals surface area contributed by atoms with Gasteiger partial charge in [-0.25, -0.2) is 18.2 Å². The number of imidazole rings is 1. The van der Waals surface area contributed by atoms with Gasteiger partial charge in [0, 0.05) is 42.8 Å². The van der Waals surface area contributed by atoms with Crippen LogP contribution in [0.2, 0.25) is 0 Å². The van der Waals surface area contributed by atoms with Crippen LogP contribution in [0.15, 0.2) is 64.6 Å². The van der Waals surface area contributed by atoms with E-state index in [-0.39, 0.29) is 42.4 Å². The van der Waals surface area contributed by atoms with Gasteiger partial charge in [-0.3, -0.25) is 4.79 Å². The number of rotatable bonds is 7. The Labute approximate surface area is 191 Å². The first kappa shape index (κ1) is 22.7. The van der Waals surface area contributed by atoms with Gasteiger partial charge in [0.2, 0.25) is 16.8 Å². The van der Waals surface area contributed by atoms with Gasteiger partial charge in [0.1, 0.15) is 0 Å². The number of ether oxygens (including phenoxy) is 1. The van der Waals surface area contributed by atoms with E-state index in [2.05, 4.69) is 10.3 Å². The van der Waals surface area contributed by atoms with Gasteiger partial charge in [-0.2, -0.15) is 4.31 Å². The van der Waals surface area contributed by atoms with Gasteiger partial charge in [0.05, 0.1) is 12.9 Å². The minimum absolute atomic E-state index is 0.148. The number of benzene rings is 1. The summed E-state index contributed by atoms with van der Waals surface area (Å²) in [6.45, 7) is 2.16. The molecule has 10 nitrogen and oxygen atoms in total. The number of hydrogen-bond acceptors (Lipinski definition) is 7. The maximum Gasteiger partial charge on any atom is 0.374 e. The summed E-state index contributed by atoms with van der Waals surface area (Å²) in [5, 5.41) is 2.58. The van der Waals surface area contributed by atoms with Crippen molar-refractivity contribution >= 4 is 27.6 Å². The van der Waals surface area contributed by atoms with Gasteiger partial charge in [0.25, 0.3) is 10.0 Å². The molecule has 0 spiro atoms. The van der Waals surface area contributed by atoms with Gasteiger partial charge in [-0.1, -0.05) is 0 Å². The molecule has 0 bridgehead atoms. The number of anilines is 1. The predicted molar refractivity (Wildman–Crippen MR) is 118 cm³/mol. The second-order valence-corrected chi connectivity index (χ2v) is 9.39. The topological polar surface area (TPSA) is 124 Å². The zero-order chi connectivity index (χ0) is 23.4. The Bertz CT molecular complexity index is 1210. The van der Waals surface area contributed by atoms with Crippen LogP contribution in [0.4, 0.5) is 5.69 Å². The molecule has 3 aromatic rings. The fourth-order valence-electron chi connectivity index (χ4n) is 3.63. The van der Waals surface area contributed by atoms with E-state index in [0.29, 0.717) is 18.5 Å². The first-order valence-electron chi connectivity index (χ1n) is 10.5. The average Bonchev–Trinajstić information content (AvgIpc) is 3.53. The van der Waals surface area contributed by atoms with Crippen LogP contribution >= 0.6 is 0 Å². The number of amides is 1. The SMILES string of the molecule is CCOC(=O)c1ccc(S(=O)(=O)N2CCC(C(=O)Nc3ccc(-n4ccnc4)cc3)CC2)o1. The third-order valence-electron chi connectivity index (χ3n) is 5.41. The van der Waals surface area contributed by atoms with Crippen LogP contribution in [0.1, 0.15) is 30.3 Å². The van der Waals surface area contributed by atoms with E-state index in [1.807, 2.05) is 35.0 Å². The molecular formula is C22H24N4O6S. The summed E-state index contributed by atoms with van der Waals surface area (Å²) < 4.78 is 38.9. The molecule has 1 N–H and O–H groups in total. The molecule has 1 aliphatic rings. The van der Waals surface area contributed by atoms with Crippen molar-refractivity contribution < 1.29 is 27.2 Å². The summed E-state index contributed by atoms with van der Waals surface area (Å²) in [5.41, 5.74) is 1.59. The zero-order valence-corrected chi connectivity index (χ0v) is 18.8. The Morgan fingerprint density at radius 1 is 1.15 bits per heavy atom. The fourth-order valence-corrected chi connectivity index (χ4v) is 5.01. The summed E-state index contributed by atoms with van der Waals surface area (Å²) in [7, 11) is -3.90. The number of nitrogens with zero attached hydrogens (tertiary/aromatic N) is 3. The van der Waals surface area contributed by atoms with Crippen molar-refractivity contribution in [3.63, 3.8) is 0 Å². The number of carbonyl (C=O) groups excluding carboxylic acids is 2. The average molecular weight is 473 g/mol. The molecule has 1 aliphatic heterocycles. The number of aromatic nitrogens is 2. The van der Waals surface area contributed by atoms with Gasteiger partial charge in [-0.15, -0.1) is 0 Å². The van der Waals surface area contributed by atoms with Crippen molar-refractivity contribution in [2.24, 2.45) is 5.92 Å². The Morgan fingerprint density at radius 2 is 1.88 bits per heavy atom. The lowest BCUT2D eigenvalue weighted by atomic mass is 9.97. The molecule has 11 heteroatoms. The van der Waals surface area contributed by atoms with E-state index in [0.717, 1.165) is 5.69 Å². The van der Waals surface area contributed by atoms with Crippen molar-refractivity contribution in [3.05, 3.63) is 60.9 Å². The standard InChI is InChI=1S/C22H24N4O6S/c1-2-31-22(28)19-7-8-20(32-19)33(29,30)26-12-9-16(10-13-26)21(27)24-17-3-5-18(6-4-17)25-14-11-23-15-25/h3-8,11,14-16H,2,9-10,12-13H2,1H3,(H,24,27). The minimum Gasteiger partial charge on any atom is -0.460 e. The van der Waals surface area contributed by atoms with Gasteiger partial charge < -0.3 is 19.0 Å². The zero-order valence-electron chi connectivity index (χ0n) is 18.0. The fraction of sp³-hybridized carbons (Fsp3) is 0.318. The van der Waals surface area contributed by atoms with E-state index in [9.17, 15) is 18.0 Å². The van der Waals surface area contributed by atoms with Crippen molar-refractivity contribution in [3.8, 4) is 5.69 Å². The molecule has 1 aromatic carbocycles. The molecule has 1 saturated heterocycles. The number of furan rings is 1. The summed E-state index contributed by atoms with van der Waals surface area (Å²) in [4.78, 5) is 28.4. The molecule has 0 radical (unpaired) electrons. The van der Waals surface area contributed by atoms with Crippen molar-refractivity contribution in [2.75, 3.05) is 25.0 Å². The Kier molecular flexibility index (Phi) is 6.61. The lowest BCUT2D eigenvalue weighted by molar-refractivity contribution is -0.120. The van der Waals surface area contributed by atoms with Crippen LogP contribution in [-0.4, -0.2) is 53.8 Å². The molecule has 4 rings (SSSR count). The summed E-state index contributed by atoms with van der Waals surface area (Å²) in [6, 6.07) is 9.90. The molecule has 0 saturated carbocycles. The molecule has 1 amide bonds. The quantitative estimate of drug-likeness (QED) is 0.524. The molecule has 0 unspecified atom stereocenters. The van der Waals surface area contributed by atoms with Crippen LogP contribution in [0.5, 0.6) is 0 Å². The number of hydrogen-bond donors (Lipinski definition) is 1. The number of esters is 1. The second kappa shape index (κ2) is 9.59. The van der Waals surface area contributed by atoms with Crippen LogP contribution in [0.25, 0.3) is 5.69 Å². The van der Waals surface area contributed by atoms with Crippen molar-refractivity contribution in [1.82, 2.24) is 13.9 Å². The highest BCUT2D eigenvalue weighted by Gasteiger charge is 2.34. The van der Waals surface area contributed by atoms with E-state index in [1.165, 1.54) is 16.4 Å². The Balaban J connectivity index is 1.33. The normalized spacial score (nSPS) is 15.3. The lowest BCUT2D eigenvalue weighted by Gasteiger charge is -2.29. The smallest absolute Gasteiger partial charge is 0.374 e. The Hall–Kier alpha value is -3.44. The highest BCUT2D eigenvalue weighted by Crippen LogP contribution is 2.26. The lowest BCUT2D eigenvalue weighted by Crippen LogP contribution is -2.41. The summed E-state index contributed by atoms with van der Waals surface area (Å²) in [5.74, 6) is -1.34. The minimum atomic E-state index is -3.90. The van der Waals surface area contributed by atoms with Crippen LogP contribution in [-0.2, 0) is 19.6 Å². The Morgan fingerprint density at radius 3 is 2.52 bits per heavy atom. The molecule has 0 aliphatic carbocycles. The molecule has 174 valence electrons. The van der Waals surface area contributed by atoms with Crippen LogP contribution in [0.3, 0.4) is 0 Å². The van der Waals surface area contributed by atoms with Gasteiger partial charge in [-0.05, 0) is 56.2 Å². The second-order valence-electron chi connectivity index (χ2n) is 7.52. The molecular weight excluding hydrogens is 448 g/mol. The van der Waals surface area contributed by atoms with Crippen molar-refractivity contribution in [2.45, 2.75) is 24.9 Å². The predicted octanol–water partition coefficient (Wildman–Crippen LogP) is 2.68. The summed E-state index contributed by atoms with van der Waals surface area (Å²) >= 11 is 0. The monoisotopic (exact) mass is 472 g/mol. The number of nitrogens with one attached hydrogen (secondary N) is 1. The van der Waals surface area contributed by atoms with Crippen molar-refractivity contribution in [1.29, 1.82) is 0 Å². The molecule has 1 fully saturated rings. The highest BCUT2D eigenvalue weighted by atomic mass is 32.2. The molecule has 33 heavy (non-hydrogen) atoms. The highest BCUT2D eigenvalue weighted by molar-refractivity contribution is 7.89. The van der Waals surface area contributed by atoms with E-state index in [1.54, 1.807) is 19.4 Å². The largest absolute Gasteiger partial charge is 0.460 e. The molecule has 3 heterocycles. The van der Waals surface area contributed by atoms with Crippen LogP contribution in [0, 0.1) is 5.92 Å². The molecule has 0 atom stereocenters. The first-order valence-corrected chi connectivity index (χ1v) is 12.0. The molecule has 2 aromatic heterocycles. The third-order valence-corrected chi connectivity index (χ3v) is 7.19. The first-order chi connectivity index (χ1) is 15.9.